The summed E-state index contributed by atoms with van der Waals surface area (Å²) in [4.78, 5) is 40.1. The van der Waals surface area contributed by atoms with Gasteiger partial charge in [0.15, 0.2) is 0 Å². The average molecular weight is 575 g/mol. The highest BCUT2D eigenvalue weighted by Crippen LogP contribution is 2.37. The summed E-state index contributed by atoms with van der Waals surface area (Å²) in [6, 6.07) is 7.86. The molecule has 0 unspecified atom stereocenters. The van der Waals surface area contributed by atoms with Gasteiger partial charge in [-0.15, -0.1) is 5.73 Å². The fraction of sp³-hybridized carbons (Fsp3) is 0.229. The number of nitrogens with zero attached hydrogens (tertiary/aromatic N) is 2. The third-order valence-electron chi connectivity index (χ3n) is 8.26. The Morgan fingerprint density at radius 3 is 2.07 bits per heavy atom. The van der Waals surface area contributed by atoms with Crippen LogP contribution >= 0.6 is 0 Å². The van der Waals surface area contributed by atoms with Crippen molar-refractivity contribution in [3.8, 4) is 0 Å². The monoisotopic (exact) mass is 574 g/mol. The highest BCUT2D eigenvalue weighted by atomic mass is 16.4. The molecule has 0 fully saturated rings. The molecule has 218 valence electrons. The smallest absolute Gasteiger partial charge is 0.303 e. The molecule has 0 spiro atoms. The van der Waals surface area contributed by atoms with Crippen LogP contribution in [0.25, 0.3) is 50.4 Å². The summed E-state index contributed by atoms with van der Waals surface area (Å²) >= 11 is 0. The van der Waals surface area contributed by atoms with Crippen molar-refractivity contribution >= 4 is 62.4 Å². The highest BCUT2D eigenvalue weighted by molar-refractivity contribution is 5.98. The van der Waals surface area contributed by atoms with Crippen molar-refractivity contribution in [3.63, 3.8) is 0 Å². The Morgan fingerprint density at radius 2 is 1.40 bits per heavy atom. The van der Waals surface area contributed by atoms with E-state index in [1.54, 1.807) is 6.08 Å². The molecular formula is C35H34N4O4. The van der Waals surface area contributed by atoms with Crippen molar-refractivity contribution in [2.24, 2.45) is 0 Å². The van der Waals surface area contributed by atoms with E-state index >= 15 is 0 Å². The van der Waals surface area contributed by atoms with Crippen molar-refractivity contribution in [1.29, 1.82) is 0 Å². The second-order valence-corrected chi connectivity index (χ2v) is 10.9. The zero-order chi connectivity index (χ0) is 31.0. The summed E-state index contributed by atoms with van der Waals surface area (Å²) in [5, 5.41) is 18.9. The Labute approximate surface area is 249 Å². The Bertz CT molecular complexity index is 1990. The number of allylic oxidation sites excluding steroid dienone is 5. The van der Waals surface area contributed by atoms with Crippen LogP contribution in [0.2, 0.25) is 0 Å². The number of aromatic amines is 2. The first kappa shape index (κ1) is 29.3. The second kappa shape index (κ2) is 11.6. The molecule has 0 amide bonds. The number of hydrogen-bond acceptors (Lipinski definition) is 4. The molecule has 3 aromatic rings. The van der Waals surface area contributed by atoms with E-state index in [1.807, 2.05) is 58.0 Å². The molecule has 43 heavy (non-hydrogen) atoms. The molecule has 5 heterocycles. The number of hydrogen-bond donors (Lipinski definition) is 4. The van der Waals surface area contributed by atoms with E-state index in [0.717, 1.165) is 78.0 Å². The van der Waals surface area contributed by atoms with Gasteiger partial charge in [0, 0.05) is 46.0 Å². The molecule has 0 saturated heterocycles. The summed E-state index contributed by atoms with van der Waals surface area (Å²) in [6.45, 7) is 15.8. The highest BCUT2D eigenvalue weighted by Gasteiger charge is 2.21. The first-order valence-corrected chi connectivity index (χ1v) is 14.1. The topological polar surface area (TPSA) is 132 Å². The SMILES string of the molecule is C=C=Cc1c(C)c2cc3nc(cc4nc(cc5[nH]c(cc1[nH]2)c(C)c5CCC(=O)O)C(CCC(=O)O)=C4C)C(C)=C3C=C. The molecule has 3 aromatic heterocycles. The van der Waals surface area contributed by atoms with Gasteiger partial charge in [0.2, 0.25) is 0 Å². The lowest BCUT2D eigenvalue weighted by Gasteiger charge is -2.03. The van der Waals surface area contributed by atoms with Crippen LogP contribution in [0.1, 0.15) is 78.1 Å². The minimum absolute atomic E-state index is 0.0296. The lowest BCUT2D eigenvalue weighted by Crippen LogP contribution is -1.98. The van der Waals surface area contributed by atoms with Crippen molar-refractivity contribution < 1.29 is 19.8 Å². The summed E-state index contributed by atoms with van der Waals surface area (Å²) in [6.07, 6.45) is 4.21. The van der Waals surface area contributed by atoms with Gasteiger partial charge in [0.25, 0.3) is 0 Å². The number of rotatable bonds is 8. The molecule has 8 heteroatoms. The molecule has 2 aliphatic rings. The maximum atomic E-state index is 11.6. The average Bonchev–Trinajstić information content (AvgIpc) is 3.61. The van der Waals surface area contributed by atoms with E-state index in [2.05, 4.69) is 28.9 Å². The molecular weight excluding hydrogens is 540 g/mol. The normalized spacial score (nSPS) is 12.8. The minimum Gasteiger partial charge on any atom is -0.481 e. The third-order valence-corrected chi connectivity index (χ3v) is 8.26. The summed E-state index contributed by atoms with van der Waals surface area (Å²) in [5.41, 5.74) is 16.4. The Morgan fingerprint density at radius 1 is 0.791 bits per heavy atom. The van der Waals surface area contributed by atoms with E-state index < -0.39 is 11.9 Å². The Hall–Kier alpha value is -5.20. The molecule has 8 nitrogen and oxygen atoms in total. The molecule has 0 radical (unpaired) electrons. The van der Waals surface area contributed by atoms with Crippen LogP contribution in [0, 0.1) is 13.8 Å². The number of H-pyrrole nitrogens is 2. The predicted octanol–water partition coefficient (Wildman–Crippen LogP) is 7.66. The van der Waals surface area contributed by atoms with E-state index in [9.17, 15) is 19.8 Å². The van der Waals surface area contributed by atoms with Gasteiger partial charge in [-0.1, -0.05) is 19.2 Å². The van der Waals surface area contributed by atoms with Gasteiger partial charge in [0.1, 0.15) is 0 Å². The first-order valence-electron chi connectivity index (χ1n) is 14.1. The standard InChI is InChI=1S/C35H34N4O4/c1-7-9-23-19(4)28-15-30-22(8-2)18(3)26(36-30)14-27-20(5)24(10-12-34(40)41)32(37-27)17-33-25(11-13-35(42)43)21(6)29(39-33)16-31(23)38-28/h8-9,14-17,38-39H,1-2,10-13H2,3-6H3,(H,40,41)(H,42,43). The van der Waals surface area contributed by atoms with Crippen LogP contribution in [-0.4, -0.2) is 42.1 Å². The molecule has 5 rings (SSSR count). The van der Waals surface area contributed by atoms with Gasteiger partial charge in [0.05, 0.1) is 22.8 Å². The van der Waals surface area contributed by atoms with Crippen LogP contribution in [0.4, 0.5) is 0 Å². The largest absolute Gasteiger partial charge is 0.481 e. The van der Waals surface area contributed by atoms with Crippen LogP contribution in [0.5, 0.6) is 0 Å². The van der Waals surface area contributed by atoms with E-state index in [4.69, 9.17) is 9.97 Å². The number of carbonyl (C=O) groups is 2. The fourth-order valence-corrected chi connectivity index (χ4v) is 5.79. The molecule has 0 aromatic carbocycles. The van der Waals surface area contributed by atoms with Crippen molar-refractivity contribution in [2.45, 2.75) is 53.4 Å². The lowest BCUT2D eigenvalue weighted by atomic mass is 10.00. The molecule has 2 aliphatic heterocycles. The predicted molar refractivity (Wildman–Crippen MR) is 172 cm³/mol. The number of nitrogens with one attached hydrogen (secondary N) is 2. The Kier molecular flexibility index (Phi) is 7.89. The number of carboxylic acids is 2. The maximum absolute atomic E-state index is 11.6. The zero-order valence-corrected chi connectivity index (χ0v) is 24.8. The molecule has 0 atom stereocenters. The number of aliphatic carboxylic acids is 2. The summed E-state index contributed by atoms with van der Waals surface area (Å²) < 4.78 is 0. The lowest BCUT2D eigenvalue weighted by molar-refractivity contribution is -0.137. The van der Waals surface area contributed by atoms with Crippen LogP contribution in [-0.2, 0) is 16.0 Å². The van der Waals surface area contributed by atoms with Crippen molar-refractivity contribution in [3.05, 3.63) is 94.3 Å². The molecule has 0 aliphatic carbocycles. The van der Waals surface area contributed by atoms with Crippen LogP contribution in [0.15, 0.2) is 49.2 Å². The number of carboxylic acid groups (broad SMARTS) is 2. The Balaban J connectivity index is 1.96. The van der Waals surface area contributed by atoms with Crippen LogP contribution < -0.4 is 0 Å². The molecule has 8 bridgehead atoms. The van der Waals surface area contributed by atoms with Gasteiger partial charge in [-0.25, -0.2) is 9.97 Å². The van der Waals surface area contributed by atoms with E-state index in [-0.39, 0.29) is 12.8 Å². The zero-order valence-electron chi connectivity index (χ0n) is 24.8. The number of fused-ring (bicyclic) bond motifs is 8. The quantitative estimate of drug-likeness (QED) is 0.204. The second-order valence-electron chi connectivity index (χ2n) is 10.9. The first-order chi connectivity index (χ1) is 20.5. The van der Waals surface area contributed by atoms with Gasteiger partial charge in [-0.05, 0) is 104 Å². The van der Waals surface area contributed by atoms with Gasteiger partial charge >= 0.3 is 11.9 Å². The van der Waals surface area contributed by atoms with Crippen molar-refractivity contribution in [1.82, 2.24) is 19.9 Å². The minimum atomic E-state index is -0.889. The van der Waals surface area contributed by atoms with Gasteiger partial charge in [-0.3, -0.25) is 9.59 Å². The van der Waals surface area contributed by atoms with Gasteiger partial charge in [-0.2, -0.15) is 0 Å². The van der Waals surface area contributed by atoms with E-state index in [0.29, 0.717) is 24.2 Å². The molecule has 4 N–H and O–H groups in total. The third kappa shape index (κ3) is 5.53. The fourth-order valence-electron chi connectivity index (χ4n) is 5.79. The van der Waals surface area contributed by atoms with Crippen molar-refractivity contribution in [2.75, 3.05) is 0 Å². The maximum Gasteiger partial charge on any atom is 0.303 e. The summed E-state index contributed by atoms with van der Waals surface area (Å²) in [5.74, 6) is -1.77. The van der Waals surface area contributed by atoms with Crippen LogP contribution in [0.3, 0.4) is 0 Å². The number of aromatic nitrogens is 4. The molecule has 0 saturated carbocycles. The van der Waals surface area contributed by atoms with Gasteiger partial charge < -0.3 is 20.2 Å². The van der Waals surface area contributed by atoms with E-state index in [1.165, 1.54) is 0 Å². The summed E-state index contributed by atoms with van der Waals surface area (Å²) in [7, 11) is 0. The number of aryl methyl sites for hydroxylation is 3.